The number of hydrogen-bond donors (Lipinski definition) is 1. The molecule has 0 aliphatic rings. The Balaban J connectivity index is 0.000000360. The number of rotatable bonds is 5. The Hall–Kier alpha value is -1.61. The molecule has 0 spiro atoms. The summed E-state index contributed by atoms with van der Waals surface area (Å²) in [6, 6.07) is 8.83. The molecule has 0 fully saturated rings. The number of nitrogens with one attached hydrogen (secondary N) is 1. The fraction of sp³-hybridized carbons (Fsp3) is 0.400. The molecule has 0 saturated heterocycles. The van der Waals surface area contributed by atoms with Gasteiger partial charge in [-0.1, -0.05) is 30.3 Å². The summed E-state index contributed by atoms with van der Waals surface area (Å²) in [4.78, 5) is 11.9. The van der Waals surface area contributed by atoms with E-state index in [9.17, 15) is 9.90 Å². The molecule has 0 amide bonds. The van der Waals surface area contributed by atoms with E-state index >= 15 is 0 Å². The number of aldehydes is 1. The second-order valence-electron chi connectivity index (χ2n) is 3.87. The molecule has 100 valence electrons. The molecule has 1 aromatic carbocycles. The maximum atomic E-state index is 10.3. The van der Waals surface area contributed by atoms with Crippen LogP contribution in [0.2, 0.25) is 0 Å². The summed E-state index contributed by atoms with van der Waals surface area (Å²) in [6.45, 7) is 10.5. The first kappa shape index (κ1) is 16.4. The van der Waals surface area contributed by atoms with Gasteiger partial charge in [0.15, 0.2) is 0 Å². The number of quaternary nitrogens is 1. The highest BCUT2D eigenvalue weighted by Crippen LogP contribution is 2.08. The number of benzene rings is 1. The molecule has 1 aromatic rings. The third kappa shape index (κ3) is 6.21. The highest BCUT2D eigenvalue weighted by molar-refractivity contribution is 6.06. The standard InChI is InChI=1S/C9H8O2.C6H15N/c10-6-9(7-11)8-4-2-1-3-5-8;1-4-7(5-2)6-3/h1-7,10H;4-6H2,1-3H3/b9-6-;. The molecular weight excluding hydrogens is 226 g/mol. The largest absolute Gasteiger partial charge is 0.877 e. The average Bonchev–Trinajstić information content (AvgIpc) is 2.44. The van der Waals surface area contributed by atoms with Crippen LogP contribution in [0.3, 0.4) is 0 Å². The molecule has 0 saturated carbocycles. The van der Waals surface area contributed by atoms with Gasteiger partial charge in [0.2, 0.25) is 0 Å². The van der Waals surface area contributed by atoms with E-state index < -0.39 is 0 Å². The minimum absolute atomic E-state index is 0.186. The van der Waals surface area contributed by atoms with Crippen molar-refractivity contribution in [1.29, 1.82) is 0 Å². The van der Waals surface area contributed by atoms with Gasteiger partial charge in [0.25, 0.3) is 0 Å². The van der Waals surface area contributed by atoms with Crippen molar-refractivity contribution >= 4 is 11.9 Å². The van der Waals surface area contributed by atoms with E-state index in [1.165, 1.54) is 19.6 Å². The van der Waals surface area contributed by atoms with E-state index in [0.29, 0.717) is 18.1 Å². The molecule has 0 aliphatic heterocycles. The second kappa shape index (κ2) is 10.5. The molecule has 0 aromatic heterocycles. The van der Waals surface area contributed by atoms with Crippen molar-refractivity contribution in [2.75, 3.05) is 19.6 Å². The van der Waals surface area contributed by atoms with E-state index in [0.717, 1.165) is 0 Å². The predicted octanol–water partition coefficient (Wildman–Crippen LogP) is 0.518. The van der Waals surface area contributed by atoms with Crippen LogP contribution in [0.4, 0.5) is 0 Å². The first-order chi connectivity index (χ1) is 8.73. The van der Waals surface area contributed by atoms with E-state index in [2.05, 4.69) is 20.8 Å². The zero-order chi connectivity index (χ0) is 13.8. The number of carbonyl (C=O) groups excluding carboxylic acids is 1. The van der Waals surface area contributed by atoms with E-state index in [1.807, 2.05) is 6.07 Å². The molecule has 0 atom stereocenters. The van der Waals surface area contributed by atoms with Gasteiger partial charge >= 0.3 is 0 Å². The lowest BCUT2D eigenvalue weighted by atomic mass is 10.1. The van der Waals surface area contributed by atoms with Crippen molar-refractivity contribution in [3.8, 4) is 0 Å². The van der Waals surface area contributed by atoms with E-state index in [1.54, 1.807) is 29.2 Å². The van der Waals surface area contributed by atoms with Crippen molar-refractivity contribution in [2.24, 2.45) is 0 Å². The topological polar surface area (TPSA) is 44.6 Å². The fourth-order valence-corrected chi connectivity index (χ4v) is 1.54. The maximum Gasteiger partial charge on any atom is 0.149 e. The van der Waals surface area contributed by atoms with Crippen LogP contribution >= 0.6 is 0 Å². The van der Waals surface area contributed by atoms with Crippen LogP contribution in [-0.2, 0) is 4.79 Å². The molecule has 0 unspecified atom stereocenters. The smallest absolute Gasteiger partial charge is 0.149 e. The fourth-order valence-electron chi connectivity index (χ4n) is 1.54. The van der Waals surface area contributed by atoms with Crippen LogP contribution in [0, 0.1) is 0 Å². The molecule has 0 bridgehead atoms. The Morgan fingerprint density at radius 3 is 1.89 bits per heavy atom. The zero-order valence-electron chi connectivity index (χ0n) is 11.5. The Morgan fingerprint density at radius 2 is 1.61 bits per heavy atom. The lowest BCUT2D eigenvalue weighted by molar-refractivity contribution is -0.894. The number of carbonyl (C=O) groups is 1. The van der Waals surface area contributed by atoms with Crippen molar-refractivity contribution in [1.82, 2.24) is 0 Å². The Bertz CT molecular complexity index is 337. The summed E-state index contributed by atoms with van der Waals surface area (Å²) in [5, 5.41) is 10.3. The quantitative estimate of drug-likeness (QED) is 0.470. The Labute approximate surface area is 110 Å². The lowest BCUT2D eigenvalue weighted by Gasteiger charge is -2.10. The minimum atomic E-state index is 0.186. The van der Waals surface area contributed by atoms with Crippen LogP contribution in [-0.4, -0.2) is 25.9 Å². The summed E-state index contributed by atoms with van der Waals surface area (Å²) in [5.41, 5.74) is 0.850. The monoisotopic (exact) mass is 249 g/mol. The summed E-state index contributed by atoms with van der Waals surface area (Å²) in [5.74, 6) is 0. The van der Waals surface area contributed by atoms with Gasteiger partial charge in [0, 0.05) is 5.57 Å². The summed E-state index contributed by atoms with van der Waals surface area (Å²) in [6.07, 6.45) is 1.12. The van der Waals surface area contributed by atoms with Gasteiger partial charge in [-0.15, -0.1) is 6.26 Å². The first-order valence-corrected chi connectivity index (χ1v) is 6.39. The van der Waals surface area contributed by atoms with E-state index in [4.69, 9.17) is 0 Å². The van der Waals surface area contributed by atoms with Crippen molar-refractivity contribution < 1.29 is 14.8 Å². The summed E-state index contributed by atoms with van der Waals surface area (Å²) >= 11 is 0. The van der Waals surface area contributed by atoms with Gasteiger partial charge in [-0.2, -0.15) is 0 Å². The number of hydrogen-bond acceptors (Lipinski definition) is 2. The van der Waals surface area contributed by atoms with Gasteiger partial charge < -0.3 is 10.0 Å². The molecule has 18 heavy (non-hydrogen) atoms. The van der Waals surface area contributed by atoms with Gasteiger partial charge in [0.1, 0.15) is 6.29 Å². The maximum absolute atomic E-state index is 10.3. The molecule has 1 N–H and O–H groups in total. The Kier molecular flexibility index (Phi) is 9.60. The molecule has 0 aliphatic carbocycles. The van der Waals surface area contributed by atoms with Crippen LogP contribution < -0.4 is 10.0 Å². The predicted molar refractivity (Wildman–Crippen MR) is 73.1 cm³/mol. The van der Waals surface area contributed by atoms with Crippen LogP contribution in [0.1, 0.15) is 26.3 Å². The van der Waals surface area contributed by atoms with Crippen molar-refractivity contribution in [3.05, 3.63) is 42.2 Å². The highest BCUT2D eigenvalue weighted by atomic mass is 16.2. The zero-order valence-corrected chi connectivity index (χ0v) is 11.5. The third-order valence-electron chi connectivity index (χ3n) is 2.86. The lowest BCUT2D eigenvalue weighted by Crippen LogP contribution is -3.11. The van der Waals surface area contributed by atoms with Crippen molar-refractivity contribution in [2.45, 2.75) is 20.8 Å². The molecule has 1 rings (SSSR count). The van der Waals surface area contributed by atoms with E-state index in [-0.39, 0.29) is 5.57 Å². The summed E-state index contributed by atoms with van der Waals surface area (Å²) < 4.78 is 0. The molecule has 0 radical (unpaired) electrons. The first-order valence-electron chi connectivity index (χ1n) is 6.39. The van der Waals surface area contributed by atoms with Gasteiger partial charge in [-0.3, -0.25) is 4.79 Å². The minimum Gasteiger partial charge on any atom is -0.877 e. The normalized spacial score (nSPS) is 10.8. The summed E-state index contributed by atoms with van der Waals surface area (Å²) in [7, 11) is 0. The van der Waals surface area contributed by atoms with Crippen LogP contribution in [0.25, 0.3) is 5.57 Å². The van der Waals surface area contributed by atoms with Crippen LogP contribution in [0.15, 0.2) is 36.6 Å². The molecular formula is C15H23NO2. The van der Waals surface area contributed by atoms with Gasteiger partial charge in [-0.05, 0) is 26.3 Å². The van der Waals surface area contributed by atoms with Gasteiger partial charge in [-0.25, -0.2) is 0 Å². The van der Waals surface area contributed by atoms with Gasteiger partial charge in [0.05, 0.1) is 19.6 Å². The van der Waals surface area contributed by atoms with Crippen LogP contribution in [0.5, 0.6) is 0 Å². The SMILES string of the molecule is CC[NH+](CC)CC.O=C/C(=C/[O-])c1ccccc1. The third-order valence-corrected chi connectivity index (χ3v) is 2.86. The Morgan fingerprint density at radius 1 is 1.11 bits per heavy atom. The average molecular weight is 249 g/mol. The second-order valence-corrected chi connectivity index (χ2v) is 3.87. The molecule has 3 nitrogen and oxygen atoms in total. The van der Waals surface area contributed by atoms with Crippen molar-refractivity contribution in [3.63, 3.8) is 0 Å². The molecule has 0 heterocycles. The highest BCUT2D eigenvalue weighted by Gasteiger charge is 1.93. The molecule has 3 heteroatoms. The number of allylic oxidation sites excluding steroid dienone is 1.